The number of nitrogens with zero attached hydrogens (tertiary/aromatic N) is 8. The average molecular weight is 1600 g/mol. The Bertz CT molecular complexity index is 4890. The third-order valence-electron chi connectivity index (χ3n) is 15.4. The molecule has 24 nitrogen and oxygen atoms in total. The van der Waals surface area contributed by atoms with Crippen LogP contribution in [-0.2, 0) is 0 Å². The smallest absolute Gasteiger partial charge is 0.259 e. The maximum Gasteiger partial charge on any atom is 0.259 e. The molecular formula is C72H62Cl9N15O9. The molecule has 5 heterocycles. The maximum atomic E-state index is 13.2. The second kappa shape index (κ2) is 36.1. The molecule has 2 aliphatic heterocycles. The summed E-state index contributed by atoms with van der Waals surface area (Å²) >= 11 is 55.4. The van der Waals surface area contributed by atoms with Crippen LogP contribution in [0.5, 0.6) is 17.2 Å². The van der Waals surface area contributed by atoms with E-state index in [1.807, 2.05) is 23.9 Å². The van der Waals surface area contributed by atoms with Crippen molar-refractivity contribution in [1.82, 2.24) is 29.7 Å². The number of methoxy groups -OCH3 is 3. The van der Waals surface area contributed by atoms with Gasteiger partial charge in [0.25, 0.3) is 35.4 Å². The average Bonchev–Trinajstić information content (AvgIpc) is 1.79. The number of ether oxygens (including phenoxy) is 3. The van der Waals surface area contributed by atoms with Crippen molar-refractivity contribution in [3.05, 3.63) is 241 Å². The Balaban J connectivity index is 0.000000182. The first-order valence-electron chi connectivity index (χ1n) is 31.2. The fourth-order valence-electron chi connectivity index (χ4n) is 10.1. The molecule has 6 amide bonds. The van der Waals surface area contributed by atoms with Crippen molar-refractivity contribution < 1.29 is 43.0 Å². The molecule has 105 heavy (non-hydrogen) atoms. The van der Waals surface area contributed by atoms with Gasteiger partial charge in [-0.1, -0.05) is 123 Å². The van der Waals surface area contributed by atoms with Crippen LogP contribution >= 0.6 is 104 Å². The monoisotopic (exact) mass is 1600 g/mol. The van der Waals surface area contributed by atoms with Crippen LogP contribution in [0.25, 0.3) is 0 Å². The number of rotatable bonds is 18. The summed E-state index contributed by atoms with van der Waals surface area (Å²) in [5.74, 6) is -0.0497. The second-order valence-electron chi connectivity index (χ2n) is 22.7. The van der Waals surface area contributed by atoms with Gasteiger partial charge in [0, 0.05) is 123 Å². The van der Waals surface area contributed by atoms with E-state index in [-0.39, 0.29) is 115 Å². The van der Waals surface area contributed by atoms with Gasteiger partial charge in [-0.2, -0.15) is 0 Å². The normalized spacial score (nSPS) is 12.2. The van der Waals surface area contributed by atoms with E-state index < -0.39 is 35.4 Å². The number of carbonyl (C=O) groups excluding carboxylic acids is 6. The molecule has 0 atom stereocenters. The van der Waals surface area contributed by atoms with Crippen LogP contribution in [-0.4, -0.2) is 158 Å². The molecule has 0 bridgehead atoms. The quantitative estimate of drug-likeness (QED) is 0.0239. The lowest BCUT2D eigenvalue weighted by molar-refractivity contribution is 0.101. The molecule has 0 spiro atoms. The lowest BCUT2D eigenvalue weighted by Gasteiger charge is -2.34. The zero-order valence-electron chi connectivity index (χ0n) is 56.5. The zero-order chi connectivity index (χ0) is 75.9. The standard InChI is InChI=1S/C25H22Cl3N5O3.C24H22Cl3N5O3.C23H18Cl3N5O3/c1-29-23(33-8-3-9-33)14-4-6-17(19(28)10-14)24(34)32-22-18(11-16(27)12-20(22)36-2)25(35)31-21-7-5-15(26)13-30-21;1-28-22(32(2)3)13-5-7-16(18(27)9-13)23(33)31-21-17(10-15(26)11-19(21)35-4)24(34)30-20-8-6-14(25)12-29-20;1-34-18-10-14(25)9-16(23(33)29-19-5-3-13(24)11-28-19)20(18)30-22(32)15-4-2-12(8-17(15)26)21(27)31-6-7-31/h4-7,10-13H,3,8-9H2,1-2H3,(H,32,34)(H,30,31,35);5-12H,1-4H3,(H,31,33)(H,29,30,34);2-5,8-11,27H,6-7H2,1H3,(H,30,32)(H,28,29,33). The third-order valence-corrected chi connectivity index (χ3v) is 17.7. The van der Waals surface area contributed by atoms with E-state index >= 15 is 0 Å². The van der Waals surface area contributed by atoms with Crippen LogP contribution in [0.15, 0.2) is 156 Å². The molecule has 2 fully saturated rings. The number of aliphatic imine (C=N–C) groups is 2. The van der Waals surface area contributed by atoms with Crippen LogP contribution in [0, 0.1) is 5.41 Å². The Hall–Kier alpha value is -9.99. The molecule has 9 aromatic rings. The molecule has 3 aromatic heterocycles. The van der Waals surface area contributed by atoms with Crippen LogP contribution in [0.1, 0.15) is 85.3 Å². The van der Waals surface area contributed by atoms with Gasteiger partial charge >= 0.3 is 0 Å². The minimum absolute atomic E-state index is 0.0607. The molecular weight excluding hydrogens is 1540 g/mol. The van der Waals surface area contributed by atoms with E-state index in [1.165, 1.54) is 88.5 Å². The molecule has 11 rings (SSSR count). The summed E-state index contributed by atoms with van der Waals surface area (Å²) in [6.45, 7) is 3.51. The Morgan fingerprint density at radius 1 is 0.400 bits per heavy atom. The Labute approximate surface area is 647 Å². The van der Waals surface area contributed by atoms with Gasteiger partial charge in [0.05, 0.1) is 102 Å². The summed E-state index contributed by atoms with van der Waals surface area (Å²) in [6.07, 6.45) is 5.31. The van der Waals surface area contributed by atoms with Crippen molar-refractivity contribution in [2.75, 3.05) is 108 Å². The first kappa shape index (κ1) is 79.1. The van der Waals surface area contributed by atoms with Crippen molar-refractivity contribution in [3.63, 3.8) is 0 Å². The topological polar surface area (TPSA) is 299 Å². The van der Waals surface area contributed by atoms with Crippen LogP contribution < -0.4 is 46.1 Å². The largest absolute Gasteiger partial charge is 0.494 e. The summed E-state index contributed by atoms with van der Waals surface area (Å²) in [5.41, 5.74) is 3.35. The first-order chi connectivity index (χ1) is 50.2. The number of anilines is 6. The summed E-state index contributed by atoms with van der Waals surface area (Å²) < 4.78 is 16.1. The Kier molecular flexibility index (Phi) is 27.2. The number of likely N-dealkylation sites (tertiary alicyclic amines) is 1. The van der Waals surface area contributed by atoms with E-state index in [0.29, 0.717) is 32.3 Å². The SMILES string of the molecule is CN=C(c1ccc(C(=O)Nc2c(OC)cc(Cl)cc2C(=O)Nc2ccc(Cl)cn2)c(Cl)c1)N(C)C.CN=C(c1ccc(C(=O)Nc2c(OC)cc(Cl)cc2C(=O)Nc2ccc(Cl)cn2)c(Cl)c1)N1CCC1.COc1cc(Cl)cc(C(=O)Nc2ccc(Cl)cn2)c1NC(=O)c1ccc(C(=N)N2CC2)cc1Cl. The molecule has 6 aromatic carbocycles. The lowest BCUT2D eigenvalue weighted by atomic mass is 10.1. The van der Waals surface area contributed by atoms with Crippen LogP contribution in [0.3, 0.4) is 0 Å². The van der Waals surface area contributed by atoms with Gasteiger partial charge in [0.1, 0.15) is 52.2 Å². The van der Waals surface area contributed by atoms with Crippen LogP contribution in [0.4, 0.5) is 34.5 Å². The van der Waals surface area contributed by atoms with E-state index in [2.05, 4.69) is 61.7 Å². The molecule has 7 N–H and O–H groups in total. The highest BCUT2D eigenvalue weighted by atomic mass is 35.5. The molecule has 2 saturated heterocycles. The second-order valence-corrected chi connectivity index (χ2v) is 26.5. The van der Waals surface area contributed by atoms with Crippen molar-refractivity contribution >= 4 is 192 Å². The summed E-state index contributed by atoms with van der Waals surface area (Å²) in [5, 5.41) is 26.9. The molecule has 0 unspecified atom stereocenters. The summed E-state index contributed by atoms with van der Waals surface area (Å²) in [6, 6.07) is 32.9. The highest BCUT2D eigenvalue weighted by Crippen LogP contribution is 2.38. The fraction of sp³-hybridized carbons (Fsp3) is 0.167. The van der Waals surface area contributed by atoms with Gasteiger partial charge in [-0.3, -0.25) is 44.2 Å². The van der Waals surface area contributed by atoms with Gasteiger partial charge in [-0.05, 0) is 97.4 Å². The molecule has 2 aliphatic rings. The van der Waals surface area contributed by atoms with Gasteiger partial charge in [-0.25, -0.2) is 15.0 Å². The Morgan fingerprint density at radius 2 is 0.733 bits per heavy atom. The number of halogens is 9. The minimum atomic E-state index is -0.570. The maximum absolute atomic E-state index is 13.2. The van der Waals surface area contributed by atoms with E-state index in [4.69, 9.17) is 124 Å². The minimum Gasteiger partial charge on any atom is -0.494 e. The molecule has 0 saturated carbocycles. The van der Waals surface area contributed by atoms with Gasteiger partial charge in [-0.15, -0.1) is 0 Å². The highest BCUT2D eigenvalue weighted by molar-refractivity contribution is 6.38. The van der Waals surface area contributed by atoms with Crippen molar-refractivity contribution in [2.24, 2.45) is 9.98 Å². The number of pyridine rings is 3. The number of hydrogen-bond donors (Lipinski definition) is 7. The fourth-order valence-corrected chi connectivity index (χ4v) is 11.9. The summed E-state index contributed by atoms with van der Waals surface area (Å²) in [4.78, 5) is 105. The van der Waals surface area contributed by atoms with Crippen molar-refractivity contribution in [1.29, 1.82) is 5.41 Å². The number of hydrogen-bond acceptors (Lipinski definition) is 15. The summed E-state index contributed by atoms with van der Waals surface area (Å²) in [7, 11) is 11.3. The predicted octanol–water partition coefficient (Wildman–Crippen LogP) is 16.3. The van der Waals surface area contributed by atoms with E-state index in [1.54, 1.807) is 93.0 Å². The molecule has 0 radical (unpaired) electrons. The zero-order valence-corrected chi connectivity index (χ0v) is 63.3. The van der Waals surface area contributed by atoms with Gasteiger partial charge in [0.2, 0.25) is 0 Å². The van der Waals surface area contributed by atoms with E-state index in [9.17, 15) is 28.8 Å². The third kappa shape index (κ3) is 20.3. The number of benzene rings is 6. The number of carbonyl (C=O) groups is 6. The van der Waals surface area contributed by atoms with Crippen molar-refractivity contribution in [2.45, 2.75) is 6.42 Å². The number of amidine groups is 3. The van der Waals surface area contributed by atoms with Crippen molar-refractivity contribution in [3.8, 4) is 17.2 Å². The number of amides is 6. The predicted molar refractivity (Wildman–Crippen MR) is 417 cm³/mol. The number of nitrogens with one attached hydrogen (secondary N) is 7. The number of aromatic nitrogens is 3. The molecule has 542 valence electrons. The van der Waals surface area contributed by atoms with Gasteiger partial charge in [0.15, 0.2) is 0 Å². The molecule has 33 heteroatoms. The van der Waals surface area contributed by atoms with Gasteiger partial charge < -0.3 is 60.8 Å². The first-order valence-corrected chi connectivity index (χ1v) is 34.6. The highest BCUT2D eigenvalue weighted by Gasteiger charge is 2.28. The van der Waals surface area contributed by atoms with Crippen LogP contribution in [0.2, 0.25) is 45.2 Å². The Morgan fingerprint density at radius 3 is 1.02 bits per heavy atom. The molecule has 0 aliphatic carbocycles. The van der Waals surface area contributed by atoms with E-state index in [0.717, 1.165) is 49.6 Å². The lowest BCUT2D eigenvalue weighted by Crippen LogP contribution is -2.42.